The monoisotopic (exact) mass is 1150 g/mol. The molecule has 5 heterocycles. The van der Waals surface area contributed by atoms with Gasteiger partial charge in [0.2, 0.25) is 40.3 Å². The summed E-state index contributed by atoms with van der Waals surface area (Å²) in [6.07, 6.45) is 0.180. The number of primary amides is 1. The van der Waals surface area contributed by atoms with Gasteiger partial charge < -0.3 is 30.4 Å². The number of nitrogens with zero attached hydrogens (tertiary/aromatic N) is 11. The van der Waals surface area contributed by atoms with E-state index in [1.807, 2.05) is 0 Å². The number of benzene rings is 3. The van der Waals surface area contributed by atoms with Crippen LogP contribution in [0, 0.1) is 17.5 Å². The molecule has 6 N–H and O–H groups in total. The highest BCUT2D eigenvalue weighted by atomic mass is 35.5. The van der Waals surface area contributed by atoms with Gasteiger partial charge in [-0.15, -0.1) is 0 Å². The third kappa shape index (κ3) is 14.7. The number of esters is 1. The Morgan fingerprint density at radius 3 is 1.59 bits per heavy atom. The highest BCUT2D eigenvalue weighted by Crippen LogP contribution is 2.30. The number of methoxy groups -OCH3 is 1. The molecule has 5 aromatic heterocycles. The fourth-order valence-electron chi connectivity index (χ4n) is 5.86. The number of Topliss-reactive ketones (excluding diaryl/α,β-unsaturated/α-hetero) is 2. The van der Waals surface area contributed by atoms with Crippen molar-refractivity contribution in [2.45, 2.75) is 25.7 Å². The average molecular weight is 1150 g/mol. The highest BCUT2D eigenvalue weighted by molar-refractivity contribution is 6.35. The summed E-state index contributed by atoms with van der Waals surface area (Å²) >= 11 is 17.2. The molecule has 0 unspecified atom stereocenters. The second-order valence-corrected chi connectivity index (χ2v) is 15.8. The lowest BCUT2D eigenvalue weighted by Crippen LogP contribution is -2.23. The molecule has 0 radical (unpaired) electrons. The first kappa shape index (κ1) is 58.0. The quantitative estimate of drug-likeness (QED) is 0.0199. The standard InChI is InChI=1S/C16H12ClFN4O7.C14H13ClFN5O5.C12H9ClFN5O4/c1-26-15(24)11(23)3-2-6-27-14-12(19-29-21-14)13-20-28-16(25)22(13)8-4-5-10(18)9(17)7-8;15-8-6-7(3-4-9(8)16)18-13(19-24)11-14(21-26-20-11)25-5-1-2-10(22)12(17)23;13-7-5-6(1-2-8(7)14)19-10(17-22-12(19)20)9-11(18-23-16-9)21-4-3-15/h4-5,7H,2-3,6H2,1H3;3-4,6,24H,1-2,5H2,(H2,17,23)(H,18,19);1-2,5H,3-4,15H2. The van der Waals surface area contributed by atoms with Crippen molar-refractivity contribution in [1.82, 2.24) is 55.9 Å². The average Bonchev–Trinajstić information content (AvgIpc) is 4.31. The van der Waals surface area contributed by atoms with Crippen LogP contribution >= 0.6 is 34.8 Å². The lowest BCUT2D eigenvalue weighted by molar-refractivity contribution is -0.151. The van der Waals surface area contributed by atoms with E-state index in [2.05, 4.69) is 73.9 Å². The number of aliphatic imine (C=N–C) groups is 1. The van der Waals surface area contributed by atoms with Crippen LogP contribution in [0.3, 0.4) is 0 Å². The molecule has 3 aromatic carbocycles. The summed E-state index contributed by atoms with van der Waals surface area (Å²) < 4.78 is 85.2. The number of ether oxygens (including phenoxy) is 4. The molecule has 30 nitrogen and oxygen atoms in total. The molecule has 1 amide bonds. The van der Waals surface area contributed by atoms with Crippen molar-refractivity contribution in [3.63, 3.8) is 0 Å². The van der Waals surface area contributed by atoms with Crippen LogP contribution in [0.25, 0.3) is 34.4 Å². The molecule has 8 rings (SSSR count). The fraction of sp³-hybridized carbons (Fsp3) is 0.214. The molecule has 36 heteroatoms. The summed E-state index contributed by atoms with van der Waals surface area (Å²) in [5.74, 6) is -7.65. The van der Waals surface area contributed by atoms with Gasteiger partial charge in [-0.1, -0.05) is 45.1 Å². The number of hydrogen-bond acceptors (Lipinski definition) is 26. The van der Waals surface area contributed by atoms with Crippen molar-refractivity contribution >= 4 is 69.8 Å². The SMILES string of the molecule is COC(=O)C(=O)CCCOc1nonc1-c1noc(=O)n1-c1ccc(F)c(Cl)c1.NC(=O)C(=O)CCCOc1nonc1C(=Nc1ccc(F)c(Cl)c1)NO.NCCOc1nonc1-c1noc(=O)n1-c1ccc(F)c(Cl)c1. The van der Waals surface area contributed by atoms with Crippen LogP contribution in [0.1, 0.15) is 31.4 Å². The number of amidine groups is 1. The first-order chi connectivity index (χ1) is 37.4. The number of hydrogen-bond donors (Lipinski definition) is 4. The number of halogens is 6. The number of rotatable bonds is 21. The summed E-state index contributed by atoms with van der Waals surface area (Å²) in [7, 11) is 1.11. The van der Waals surface area contributed by atoms with Crippen molar-refractivity contribution in [1.29, 1.82) is 0 Å². The molecular formula is C42H34Cl3F3N14O16. The molecule has 0 saturated carbocycles. The summed E-state index contributed by atoms with van der Waals surface area (Å²) in [5.41, 5.74) is 12.5. The van der Waals surface area contributed by atoms with Gasteiger partial charge in [0.25, 0.3) is 23.5 Å². The zero-order chi connectivity index (χ0) is 56.5. The molecule has 0 fully saturated rings. The van der Waals surface area contributed by atoms with Gasteiger partial charge in [-0.3, -0.25) is 34.1 Å². The van der Waals surface area contributed by atoms with E-state index < -0.39 is 52.4 Å². The molecule has 0 aliphatic rings. The Morgan fingerprint density at radius 2 is 1.12 bits per heavy atom. The second kappa shape index (κ2) is 27.5. The lowest BCUT2D eigenvalue weighted by atomic mass is 10.2. The molecule has 410 valence electrons. The van der Waals surface area contributed by atoms with Crippen molar-refractivity contribution in [2.75, 3.05) is 33.5 Å². The molecule has 8 aromatic rings. The van der Waals surface area contributed by atoms with E-state index >= 15 is 0 Å². The first-order valence-electron chi connectivity index (χ1n) is 21.5. The minimum Gasteiger partial charge on any atom is -0.474 e. The maximum absolute atomic E-state index is 13.4. The smallest absolute Gasteiger partial charge is 0.446 e. The van der Waals surface area contributed by atoms with Gasteiger partial charge in [-0.05, 0) is 98.4 Å². The van der Waals surface area contributed by atoms with E-state index in [4.69, 9.17) is 60.5 Å². The van der Waals surface area contributed by atoms with E-state index in [1.165, 1.54) is 36.4 Å². The van der Waals surface area contributed by atoms with Crippen LogP contribution in [-0.2, 0) is 23.9 Å². The maximum Gasteiger partial charge on any atom is 0.446 e. The molecule has 0 spiro atoms. The van der Waals surface area contributed by atoms with E-state index in [0.717, 1.165) is 34.4 Å². The van der Waals surface area contributed by atoms with Gasteiger partial charge in [-0.25, -0.2) is 55.6 Å². The van der Waals surface area contributed by atoms with Crippen LogP contribution in [-0.4, -0.2) is 118 Å². The number of nitrogens with two attached hydrogens (primary N) is 2. The molecule has 0 aliphatic heterocycles. The number of amides is 1. The molecule has 0 atom stereocenters. The Hall–Kier alpha value is -9.31. The lowest BCUT2D eigenvalue weighted by Gasteiger charge is -2.05. The molecule has 0 aliphatic carbocycles. The van der Waals surface area contributed by atoms with E-state index in [9.17, 15) is 47.1 Å². The van der Waals surface area contributed by atoms with Crippen molar-refractivity contribution in [2.24, 2.45) is 16.5 Å². The Labute approximate surface area is 445 Å². The maximum atomic E-state index is 13.4. The summed E-state index contributed by atoms with van der Waals surface area (Å²) in [4.78, 5) is 72.2. The van der Waals surface area contributed by atoms with Gasteiger partial charge in [0.1, 0.15) is 24.1 Å². The van der Waals surface area contributed by atoms with E-state index in [1.54, 1.807) is 5.48 Å². The van der Waals surface area contributed by atoms with Crippen molar-refractivity contribution in [3.05, 3.63) is 114 Å². The zero-order valence-electron chi connectivity index (χ0n) is 39.3. The zero-order valence-corrected chi connectivity index (χ0v) is 41.5. The van der Waals surface area contributed by atoms with Gasteiger partial charge in [0.05, 0.1) is 52.5 Å². The first-order valence-corrected chi connectivity index (χ1v) is 22.6. The Bertz CT molecular complexity index is 3560. The number of hydroxylamine groups is 1. The number of ketones is 2. The van der Waals surface area contributed by atoms with Gasteiger partial charge in [-0.2, -0.15) is 0 Å². The van der Waals surface area contributed by atoms with Gasteiger partial charge >= 0.3 is 17.5 Å². The fourth-order valence-corrected chi connectivity index (χ4v) is 6.38. The summed E-state index contributed by atoms with van der Waals surface area (Å²) in [6, 6.07) is 10.9. The minimum absolute atomic E-state index is 0.00131. The van der Waals surface area contributed by atoms with Gasteiger partial charge in [0.15, 0.2) is 5.84 Å². The van der Waals surface area contributed by atoms with Crippen LogP contribution < -0.4 is 42.7 Å². The predicted molar refractivity (Wildman–Crippen MR) is 253 cm³/mol. The Morgan fingerprint density at radius 1 is 0.654 bits per heavy atom. The third-order valence-corrected chi connectivity index (χ3v) is 10.3. The largest absolute Gasteiger partial charge is 0.474 e. The molecule has 0 bridgehead atoms. The summed E-state index contributed by atoms with van der Waals surface area (Å²) in [5, 5.41) is 37.4. The third-order valence-electron chi connectivity index (χ3n) is 9.42. The number of aromatic nitrogens is 10. The Balaban J connectivity index is 0.000000190. The molecule has 0 saturated heterocycles. The minimum atomic E-state index is -1.02. The topological polar surface area (TPSA) is 415 Å². The number of carbonyl (C=O) groups excluding carboxylic acids is 4. The van der Waals surface area contributed by atoms with E-state index in [0.29, 0.717) is 0 Å². The number of nitrogens with one attached hydrogen (secondary N) is 1. The van der Waals surface area contributed by atoms with Gasteiger partial charge in [0, 0.05) is 19.4 Å². The molecule has 78 heavy (non-hydrogen) atoms. The molecular weight excluding hydrogens is 1120 g/mol. The van der Waals surface area contributed by atoms with Crippen molar-refractivity contribution in [3.8, 4) is 52.1 Å². The predicted octanol–water partition coefficient (Wildman–Crippen LogP) is 3.71. The van der Waals surface area contributed by atoms with Crippen LogP contribution in [0.15, 0.2) is 92.1 Å². The van der Waals surface area contributed by atoms with Crippen molar-refractivity contribution < 1.29 is 79.4 Å². The van der Waals surface area contributed by atoms with Crippen LogP contribution in [0.4, 0.5) is 18.9 Å². The number of carbonyl (C=O) groups is 4. The normalized spacial score (nSPS) is 11.0. The second-order valence-electron chi connectivity index (χ2n) is 14.6. The van der Waals surface area contributed by atoms with E-state index in [-0.39, 0.29) is 136 Å². The summed E-state index contributed by atoms with van der Waals surface area (Å²) in [6.45, 7) is 0.382. The highest BCUT2D eigenvalue weighted by Gasteiger charge is 2.26. The van der Waals surface area contributed by atoms with Crippen LogP contribution in [0.2, 0.25) is 15.1 Å². The van der Waals surface area contributed by atoms with Crippen LogP contribution in [0.5, 0.6) is 17.6 Å². The Kier molecular flexibility index (Phi) is 20.4.